The van der Waals surface area contributed by atoms with Crippen LogP contribution in [0.3, 0.4) is 0 Å². The largest absolute Gasteiger partial charge is 0.384 e. The summed E-state index contributed by atoms with van der Waals surface area (Å²) in [5.74, 6) is 3.07. The Kier molecular flexibility index (Phi) is 5.13. The maximum Gasteiger partial charge on any atom is 0.242 e. The lowest BCUT2D eigenvalue weighted by Gasteiger charge is -2.22. The zero-order valence-corrected chi connectivity index (χ0v) is 12.7. The van der Waals surface area contributed by atoms with Crippen molar-refractivity contribution in [3.63, 3.8) is 0 Å². The van der Waals surface area contributed by atoms with Gasteiger partial charge in [0.1, 0.15) is 4.90 Å². The van der Waals surface area contributed by atoms with Crippen molar-refractivity contribution in [2.24, 2.45) is 5.92 Å². The minimum Gasteiger partial charge on any atom is -0.384 e. The van der Waals surface area contributed by atoms with Crippen molar-refractivity contribution >= 4 is 27.5 Å². The third kappa shape index (κ3) is 3.87. The summed E-state index contributed by atoms with van der Waals surface area (Å²) in [5.41, 5.74) is 0.690. The van der Waals surface area contributed by atoms with Gasteiger partial charge in [0.2, 0.25) is 10.0 Å². The van der Waals surface area contributed by atoms with E-state index in [-0.39, 0.29) is 0 Å². The van der Waals surface area contributed by atoms with Crippen LogP contribution in [0.2, 0.25) is 0 Å². The molecule has 1 aromatic carbocycles. The Morgan fingerprint density at radius 3 is 2.63 bits per heavy atom. The molecule has 1 aliphatic rings. The Bertz CT molecular complexity index is 511. The van der Waals surface area contributed by atoms with Crippen molar-refractivity contribution in [3.8, 4) is 0 Å². The number of nitrogens with one attached hydrogen (secondary N) is 2. The number of benzene rings is 1. The average molecular weight is 300 g/mol. The van der Waals surface area contributed by atoms with Crippen LogP contribution in [0.15, 0.2) is 29.2 Å². The first-order valence-electron chi connectivity index (χ1n) is 6.47. The van der Waals surface area contributed by atoms with E-state index in [1.807, 2.05) is 23.9 Å². The van der Waals surface area contributed by atoms with Gasteiger partial charge in [-0.2, -0.15) is 11.8 Å². The van der Waals surface area contributed by atoms with E-state index in [4.69, 9.17) is 0 Å². The summed E-state index contributed by atoms with van der Waals surface area (Å²) in [6, 6.07) is 7.05. The predicted octanol–water partition coefficient (Wildman–Crippen LogP) is 2.15. The molecule has 0 radical (unpaired) electrons. The molecule has 106 valence electrons. The molecule has 2 rings (SSSR count). The van der Waals surface area contributed by atoms with E-state index >= 15 is 0 Å². The molecule has 6 heteroatoms. The monoisotopic (exact) mass is 300 g/mol. The molecule has 1 aromatic rings. The zero-order chi connectivity index (χ0) is 13.7. The second-order valence-corrected chi connectivity index (χ2v) is 7.72. The number of hydrogen-bond donors (Lipinski definition) is 2. The molecule has 0 unspecified atom stereocenters. The minimum absolute atomic E-state index is 0.322. The molecule has 0 aromatic heterocycles. The van der Waals surface area contributed by atoms with Crippen molar-refractivity contribution < 1.29 is 8.42 Å². The number of sulfonamides is 1. The second kappa shape index (κ2) is 6.63. The number of thioether (sulfide) groups is 1. The van der Waals surface area contributed by atoms with Crippen LogP contribution in [0.5, 0.6) is 0 Å². The topological polar surface area (TPSA) is 58.2 Å². The lowest BCUT2D eigenvalue weighted by molar-refractivity contribution is 0.515. The Morgan fingerprint density at radius 1 is 1.26 bits per heavy atom. The molecule has 1 fully saturated rings. The molecular formula is C13H20N2O2S2. The molecule has 1 aliphatic heterocycles. The number of hydrogen-bond acceptors (Lipinski definition) is 4. The van der Waals surface area contributed by atoms with Gasteiger partial charge < -0.3 is 5.32 Å². The Labute approximate surface area is 119 Å². The van der Waals surface area contributed by atoms with E-state index in [0.29, 0.717) is 16.5 Å². The van der Waals surface area contributed by atoms with Gasteiger partial charge in [-0.3, -0.25) is 0 Å². The molecule has 0 aliphatic carbocycles. The van der Waals surface area contributed by atoms with E-state index in [1.54, 1.807) is 12.1 Å². The molecule has 19 heavy (non-hydrogen) atoms. The number of para-hydroxylation sites is 1. The summed E-state index contributed by atoms with van der Waals surface area (Å²) in [6.07, 6.45) is 2.41. The van der Waals surface area contributed by atoms with E-state index in [9.17, 15) is 8.42 Å². The second-order valence-electron chi connectivity index (χ2n) is 4.64. The summed E-state index contributed by atoms with van der Waals surface area (Å²) >= 11 is 2.00. The first-order valence-corrected chi connectivity index (χ1v) is 9.11. The van der Waals surface area contributed by atoms with Gasteiger partial charge in [-0.1, -0.05) is 12.1 Å². The van der Waals surface area contributed by atoms with Gasteiger partial charge >= 0.3 is 0 Å². The van der Waals surface area contributed by atoms with Crippen LogP contribution in [0.1, 0.15) is 12.8 Å². The van der Waals surface area contributed by atoms with Crippen LogP contribution in [0, 0.1) is 5.92 Å². The predicted molar refractivity (Wildman–Crippen MR) is 81.2 cm³/mol. The Hall–Kier alpha value is -0.720. The zero-order valence-electron chi connectivity index (χ0n) is 11.1. The molecule has 0 bridgehead atoms. The lowest BCUT2D eigenvalue weighted by atomic mass is 10.0. The SMILES string of the molecule is CNS(=O)(=O)c1ccccc1NCC1CCSCC1. The summed E-state index contributed by atoms with van der Waals surface area (Å²) in [6.45, 7) is 0.844. The van der Waals surface area contributed by atoms with Gasteiger partial charge in [0.15, 0.2) is 0 Å². The summed E-state index contributed by atoms with van der Waals surface area (Å²) < 4.78 is 26.2. The molecule has 2 N–H and O–H groups in total. The maximum atomic E-state index is 11.9. The van der Waals surface area contributed by atoms with Crippen LogP contribution >= 0.6 is 11.8 Å². The van der Waals surface area contributed by atoms with Crippen molar-refractivity contribution in [2.45, 2.75) is 17.7 Å². The molecule has 0 saturated carbocycles. The quantitative estimate of drug-likeness (QED) is 0.875. The molecule has 0 atom stereocenters. The highest BCUT2D eigenvalue weighted by Crippen LogP contribution is 2.25. The first kappa shape index (κ1) is 14.7. The van der Waals surface area contributed by atoms with Crippen molar-refractivity contribution in [1.82, 2.24) is 4.72 Å². The fourth-order valence-electron chi connectivity index (χ4n) is 2.16. The van der Waals surface area contributed by atoms with Gasteiger partial charge in [-0.25, -0.2) is 13.1 Å². The molecule has 0 spiro atoms. The molecule has 4 nitrogen and oxygen atoms in total. The highest BCUT2D eigenvalue weighted by Gasteiger charge is 2.18. The molecular weight excluding hydrogens is 280 g/mol. The number of rotatable bonds is 5. The average Bonchev–Trinajstić information content (AvgIpc) is 2.46. The highest BCUT2D eigenvalue weighted by atomic mass is 32.2. The summed E-state index contributed by atoms with van der Waals surface area (Å²) in [7, 11) is -1.96. The number of anilines is 1. The maximum absolute atomic E-state index is 11.9. The summed E-state index contributed by atoms with van der Waals surface area (Å²) in [4.78, 5) is 0.322. The van der Waals surface area contributed by atoms with E-state index in [0.717, 1.165) is 6.54 Å². The normalized spacial score (nSPS) is 17.3. The first-order chi connectivity index (χ1) is 9.13. The van der Waals surface area contributed by atoms with Gasteiger partial charge in [0.25, 0.3) is 0 Å². The third-order valence-electron chi connectivity index (χ3n) is 3.37. The van der Waals surface area contributed by atoms with Gasteiger partial charge in [-0.15, -0.1) is 0 Å². The van der Waals surface area contributed by atoms with Crippen molar-refractivity contribution in [2.75, 3.05) is 30.4 Å². The molecule has 0 amide bonds. The Balaban J connectivity index is 2.07. The van der Waals surface area contributed by atoms with E-state index < -0.39 is 10.0 Å². The van der Waals surface area contributed by atoms with E-state index in [2.05, 4.69) is 10.0 Å². The third-order valence-corrected chi connectivity index (χ3v) is 5.89. The summed E-state index contributed by atoms with van der Waals surface area (Å²) in [5, 5.41) is 3.29. The smallest absolute Gasteiger partial charge is 0.242 e. The minimum atomic E-state index is -3.40. The van der Waals surface area contributed by atoms with E-state index in [1.165, 1.54) is 31.4 Å². The highest BCUT2D eigenvalue weighted by molar-refractivity contribution is 7.99. The van der Waals surface area contributed by atoms with Gasteiger partial charge in [0, 0.05) is 6.54 Å². The Morgan fingerprint density at radius 2 is 1.95 bits per heavy atom. The lowest BCUT2D eigenvalue weighted by Crippen LogP contribution is -2.23. The molecule has 1 heterocycles. The molecule has 1 saturated heterocycles. The van der Waals surface area contributed by atoms with Gasteiger partial charge in [-0.05, 0) is 49.4 Å². The van der Waals surface area contributed by atoms with Crippen LogP contribution in [-0.4, -0.2) is 33.5 Å². The van der Waals surface area contributed by atoms with Gasteiger partial charge in [0.05, 0.1) is 5.69 Å². The van der Waals surface area contributed by atoms with Crippen LogP contribution in [0.25, 0.3) is 0 Å². The van der Waals surface area contributed by atoms with Crippen LogP contribution < -0.4 is 10.0 Å². The van der Waals surface area contributed by atoms with Crippen LogP contribution in [-0.2, 0) is 10.0 Å². The standard InChI is InChI=1S/C13H20N2O2S2/c1-14-19(16,17)13-5-3-2-4-12(13)15-10-11-6-8-18-9-7-11/h2-5,11,14-15H,6-10H2,1H3. The van der Waals surface area contributed by atoms with Crippen molar-refractivity contribution in [3.05, 3.63) is 24.3 Å². The van der Waals surface area contributed by atoms with Crippen LogP contribution in [0.4, 0.5) is 5.69 Å². The van der Waals surface area contributed by atoms with Crippen molar-refractivity contribution in [1.29, 1.82) is 0 Å². The fourth-order valence-corrected chi connectivity index (χ4v) is 4.27. The fraction of sp³-hybridized carbons (Fsp3) is 0.538.